The molecule has 1 N–H and O–H groups in total. The molecule has 2 aromatic rings. The Hall–Kier alpha value is -1.12. The molecule has 2 atom stereocenters. The van der Waals surface area contributed by atoms with Gasteiger partial charge in [0.25, 0.3) is 0 Å². The quantitative estimate of drug-likeness (QED) is 0.749. The zero-order valence-electron chi connectivity index (χ0n) is 12.6. The third-order valence-electron chi connectivity index (χ3n) is 4.33. The predicted molar refractivity (Wildman–Crippen MR) is 92.3 cm³/mol. The molecule has 1 aliphatic carbocycles. The van der Waals surface area contributed by atoms with Crippen LogP contribution in [0.3, 0.4) is 0 Å². The Morgan fingerprint density at radius 3 is 2.33 bits per heavy atom. The van der Waals surface area contributed by atoms with Gasteiger partial charge in [-0.1, -0.05) is 64.0 Å². The van der Waals surface area contributed by atoms with E-state index in [4.69, 9.17) is 0 Å². The van der Waals surface area contributed by atoms with E-state index in [1.165, 1.54) is 34.0 Å². The summed E-state index contributed by atoms with van der Waals surface area (Å²) in [6.07, 6.45) is 2.68. The van der Waals surface area contributed by atoms with Gasteiger partial charge in [-0.25, -0.2) is 0 Å². The van der Waals surface area contributed by atoms with Crippen LogP contribution in [0.4, 0.5) is 0 Å². The van der Waals surface area contributed by atoms with Crippen LogP contribution in [0.5, 0.6) is 0 Å². The molecule has 0 bridgehead atoms. The lowest BCUT2D eigenvalue weighted by Gasteiger charge is -2.25. The minimum Gasteiger partial charge on any atom is -0.303 e. The van der Waals surface area contributed by atoms with E-state index in [9.17, 15) is 0 Å². The van der Waals surface area contributed by atoms with E-state index < -0.39 is 0 Å². The molecule has 0 aromatic heterocycles. The van der Waals surface area contributed by atoms with Crippen molar-refractivity contribution in [1.82, 2.24) is 5.32 Å². The first kappa shape index (κ1) is 14.8. The van der Waals surface area contributed by atoms with Crippen molar-refractivity contribution in [1.29, 1.82) is 0 Å². The standard InChI is InChI=1S/C19H22BrN/c1-13-7-9-15(10-8-13)19(16-11-12-16)21-14(2)17-5-3-4-6-18(17)20/h3-10,14,16,19,21H,11-12H2,1-2H3/t14-,19?/m1/s1. The molecule has 1 fully saturated rings. The van der Waals surface area contributed by atoms with Gasteiger partial charge in [0.1, 0.15) is 0 Å². The summed E-state index contributed by atoms with van der Waals surface area (Å²) in [5.74, 6) is 0.789. The Morgan fingerprint density at radius 2 is 1.71 bits per heavy atom. The summed E-state index contributed by atoms with van der Waals surface area (Å²) < 4.78 is 1.18. The molecule has 2 aromatic carbocycles. The number of rotatable bonds is 5. The highest BCUT2D eigenvalue weighted by Crippen LogP contribution is 2.42. The van der Waals surface area contributed by atoms with Crippen LogP contribution in [-0.2, 0) is 0 Å². The Morgan fingerprint density at radius 1 is 1.05 bits per heavy atom. The predicted octanol–water partition coefficient (Wildman–Crippen LogP) is 5.56. The van der Waals surface area contributed by atoms with E-state index in [0.717, 1.165) is 5.92 Å². The lowest BCUT2D eigenvalue weighted by molar-refractivity contribution is 0.426. The molecular weight excluding hydrogens is 322 g/mol. The van der Waals surface area contributed by atoms with Crippen LogP contribution in [0.2, 0.25) is 0 Å². The van der Waals surface area contributed by atoms with Gasteiger partial charge in [0.15, 0.2) is 0 Å². The summed E-state index contributed by atoms with van der Waals surface area (Å²) in [5, 5.41) is 3.84. The second-order valence-corrected chi connectivity index (χ2v) is 6.99. The lowest BCUT2D eigenvalue weighted by Crippen LogP contribution is -2.26. The number of aryl methyl sites for hydroxylation is 1. The zero-order valence-corrected chi connectivity index (χ0v) is 14.2. The molecule has 1 nitrogen and oxygen atoms in total. The fourth-order valence-corrected chi connectivity index (χ4v) is 3.52. The maximum Gasteiger partial charge on any atom is 0.0353 e. The largest absolute Gasteiger partial charge is 0.303 e. The Balaban J connectivity index is 1.79. The lowest BCUT2D eigenvalue weighted by atomic mass is 9.98. The molecule has 1 aliphatic rings. The van der Waals surface area contributed by atoms with Crippen molar-refractivity contribution in [2.24, 2.45) is 5.92 Å². The smallest absolute Gasteiger partial charge is 0.0353 e. The average molecular weight is 344 g/mol. The number of hydrogen-bond acceptors (Lipinski definition) is 1. The number of benzene rings is 2. The summed E-state index contributed by atoms with van der Waals surface area (Å²) in [7, 11) is 0. The van der Waals surface area contributed by atoms with Crippen LogP contribution in [0.1, 0.15) is 48.5 Å². The molecule has 3 rings (SSSR count). The number of halogens is 1. The van der Waals surface area contributed by atoms with Gasteiger partial charge in [-0.3, -0.25) is 0 Å². The van der Waals surface area contributed by atoms with Gasteiger partial charge in [-0.05, 0) is 49.8 Å². The molecule has 21 heavy (non-hydrogen) atoms. The summed E-state index contributed by atoms with van der Waals surface area (Å²) in [4.78, 5) is 0. The molecular formula is C19H22BrN. The van der Waals surface area contributed by atoms with Gasteiger partial charge in [0, 0.05) is 16.6 Å². The topological polar surface area (TPSA) is 12.0 Å². The van der Waals surface area contributed by atoms with Gasteiger partial charge in [-0.15, -0.1) is 0 Å². The van der Waals surface area contributed by atoms with Crippen molar-refractivity contribution in [2.75, 3.05) is 0 Å². The highest BCUT2D eigenvalue weighted by atomic mass is 79.9. The first-order valence-electron chi connectivity index (χ1n) is 7.72. The molecule has 0 spiro atoms. The molecule has 110 valence electrons. The fourth-order valence-electron chi connectivity index (χ4n) is 2.89. The first-order chi connectivity index (χ1) is 10.1. The minimum atomic E-state index is 0.340. The van der Waals surface area contributed by atoms with Crippen molar-refractivity contribution in [2.45, 2.75) is 38.8 Å². The summed E-state index contributed by atoms with van der Waals surface area (Å²) >= 11 is 3.67. The van der Waals surface area contributed by atoms with Crippen LogP contribution < -0.4 is 5.32 Å². The minimum absolute atomic E-state index is 0.340. The van der Waals surface area contributed by atoms with Gasteiger partial charge < -0.3 is 5.32 Å². The molecule has 0 amide bonds. The normalized spacial score (nSPS) is 17.5. The molecule has 0 heterocycles. The van der Waals surface area contributed by atoms with Crippen molar-refractivity contribution in [3.05, 3.63) is 69.7 Å². The van der Waals surface area contributed by atoms with E-state index in [1.54, 1.807) is 0 Å². The first-order valence-corrected chi connectivity index (χ1v) is 8.51. The van der Waals surface area contributed by atoms with E-state index in [-0.39, 0.29) is 0 Å². The van der Waals surface area contributed by atoms with Crippen LogP contribution in [-0.4, -0.2) is 0 Å². The number of hydrogen-bond donors (Lipinski definition) is 1. The van der Waals surface area contributed by atoms with Crippen molar-refractivity contribution in [3.63, 3.8) is 0 Å². The van der Waals surface area contributed by atoms with Gasteiger partial charge in [-0.2, -0.15) is 0 Å². The fraction of sp³-hybridized carbons (Fsp3) is 0.368. The third kappa shape index (κ3) is 3.56. The monoisotopic (exact) mass is 343 g/mol. The summed E-state index contributed by atoms with van der Waals surface area (Å²) in [6, 6.07) is 18.3. The molecule has 1 saturated carbocycles. The van der Waals surface area contributed by atoms with Crippen LogP contribution in [0.15, 0.2) is 53.0 Å². The summed E-state index contributed by atoms with van der Waals surface area (Å²) in [5.41, 5.74) is 4.07. The highest BCUT2D eigenvalue weighted by Gasteiger charge is 2.33. The number of nitrogens with one attached hydrogen (secondary N) is 1. The van der Waals surface area contributed by atoms with Gasteiger partial charge in [0.05, 0.1) is 0 Å². The summed E-state index contributed by atoms with van der Waals surface area (Å²) in [6.45, 7) is 4.40. The molecule has 0 radical (unpaired) electrons. The van der Waals surface area contributed by atoms with E-state index in [1.807, 2.05) is 0 Å². The molecule has 0 aliphatic heterocycles. The molecule has 1 unspecified atom stereocenters. The maximum atomic E-state index is 3.84. The second-order valence-electron chi connectivity index (χ2n) is 6.14. The highest BCUT2D eigenvalue weighted by molar-refractivity contribution is 9.10. The van der Waals surface area contributed by atoms with Crippen LogP contribution in [0, 0.1) is 12.8 Å². The Bertz CT molecular complexity index is 601. The molecule has 0 saturated heterocycles. The zero-order chi connectivity index (χ0) is 14.8. The van der Waals surface area contributed by atoms with Crippen molar-refractivity contribution in [3.8, 4) is 0 Å². The van der Waals surface area contributed by atoms with E-state index in [2.05, 4.69) is 83.6 Å². The second kappa shape index (κ2) is 6.33. The van der Waals surface area contributed by atoms with Crippen molar-refractivity contribution < 1.29 is 0 Å². The van der Waals surface area contributed by atoms with Crippen LogP contribution >= 0.6 is 15.9 Å². The SMILES string of the molecule is Cc1ccc(C(N[C@H](C)c2ccccc2Br)C2CC2)cc1. The van der Waals surface area contributed by atoms with Crippen molar-refractivity contribution >= 4 is 15.9 Å². The van der Waals surface area contributed by atoms with Crippen LogP contribution in [0.25, 0.3) is 0 Å². The Labute approximate surface area is 135 Å². The van der Waals surface area contributed by atoms with Gasteiger partial charge in [0.2, 0.25) is 0 Å². The van der Waals surface area contributed by atoms with E-state index >= 15 is 0 Å². The van der Waals surface area contributed by atoms with E-state index in [0.29, 0.717) is 12.1 Å². The maximum absolute atomic E-state index is 3.84. The Kier molecular flexibility index (Phi) is 4.46. The van der Waals surface area contributed by atoms with Gasteiger partial charge >= 0.3 is 0 Å². The molecule has 2 heteroatoms. The third-order valence-corrected chi connectivity index (χ3v) is 5.05. The average Bonchev–Trinajstić information content (AvgIpc) is 3.31.